The molecule has 0 N–H and O–H groups in total. The van der Waals surface area contributed by atoms with Crippen molar-refractivity contribution in [3.8, 4) is 11.5 Å². The first-order valence-electron chi connectivity index (χ1n) is 9.60. The predicted molar refractivity (Wildman–Crippen MR) is 105 cm³/mol. The molecule has 0 bridgehead atoms. The second kappa shape index (κ2) is 10.4. The number of carbonyl (C=O) groups is 2. The fourth-order valence-corrected chi connectivity index (χ4v) is 3.05. The van der Waals surface area contributed by atoms with Crippen LogP contribution in [0.2, 0.25) is 0 Å². The molecule has 1 aromatic carbocycles. The highest BCUT2D eigenvalue weighted by Gasteiger charge is 2.22. The van der Waals surface area contributed by atoms with Gasteiger partial charge in [-0.15, -0.1) is 0 Å². The van der Waals surface area contributed by atoms with Crippen molar-refractivity contribution in [2.24, 2.45) is 0 Å². The average molecular weight is 399 g/mol. The number of rotatable bonds is 9. The normalized spacial score (nSPS) is 13.3. The second-order valence-corrected chi connectivity index (χ2v) is 6.63. The Kier molecular flexibility index (Phi) is 7.33. The zero-order valence-electron chi connectivity index (χ0n) is 16.5. The van der Waals surface area contributed by atoms with Crippen LogP contribution in [-0.2, 0) is 20.9 Å². The molecule has 2 aromatic rings. The number of nitrogens with zero attached hydrogens (tertiary/aromatic N) is 1. The Labute approximate surface area is 169 Å². The van der Waals surface area contributed by atoms with E-state index in [1.807, 2.05) is 6.07 Å². The molecule has 0 saturated carbocycles. The molecule has 0 atom stereocenters. The highest BCUT2D eigenvalue weighted by atomic mass is 16.6. The summed E-state index contributed by atoms with van der Waals surface area (Å²) in [5.74, 6) is 0.996. The van der Waals surface area contributed by atoms with Crippen molar-refractivity contribution in [3.63, 3.8) is 0 Å². The average Bonchev–Trinajstić information content (AvgIpc) is 3.28. The number of hydrogen-bond donors (Lipinski definition) is 0. The van der Waals surface area contributed by atoms with Crippen LogP contribution < -0.4 is 9.47 Å². The maximum atomic E-state index is 12.7. The van der Waals surface area contributed by atoms with Gasteiger partial charge in [0.1, 0.15) is 17.3 Å². The Morgan fingerprint density at radius 3 is 2.52 bits per heavy atom. The lowest BCUT2D eigenvalue weighted by Gasteiger charge is -2.26. The van der Waals surface area contributed by atoms with Crippen molar-refractivity contribution in [3.05, 3.63) is 60.2 Å². The molecule has 1 aliphatic carbocycles. The first-order chi connectivity index (χ1) is 14.2. The van der Waals surface area contributed by atoms with Crippen LogP contribution in [0.1, 0.15) is 31.4 Å². The van der Waals surface area contributed by atoms with Gasteiger partial charge in [-0.25, -0.2) is 4.79 Å². The van der Waals surface area contributed by atoms with Crippen LogP contribution in [0.25, 0.3) is 0 Å². The molecular weight excluding hydrogens is 374 g/mol. The third-order valence-corrected chi connectivity index (χ3v) is 4.58. The second-order valence-electron chi connectivity index (χ2n) is 6.63. The van der Waals surface area contributed by atoms with Gasteiger partial charge in [0, 0.05) is 5.70 Å². The molecule has 7 nitrogen and oxygen atoms in total. The van der Waals surface area contributed by atoms with E-state index in [0.717, 1.165) is 31.4 Å². The van der Waals surface area contributed by atoms with Crippen LogP contribution in [0.15, 0.2) is 58.9 Å². The lowest BCUT2D eigenvalue weighted by molar-refractivity contribution is -0.153. The van der Waals surface area contributed by atoms with Crippen LogP contribution in [-0.4, -0.2) is 37.1 Å². The van der Waals surface area contributed by atoms with Gasteiger partial charge in [-0.05, 0) is 62.1 Å². The smallest absolute Gasteiger partial charge is 0.344 e. The number of benzene rings is 1. The number of esters is 1. The minimum atomic E-state index is -0.607. The van der Waals surface area contributed by atoms with E-state index in [1.54, 1.807) is 48.6 Å². The van der Waals surface area contributed by atoms with Crippen LogP contribution in [0, 0.1) is 0 Å². The van der Waals surface area contributed by atoms with Gasteiger partial charge in [-0.1, -0.05) is 6.08 Å². The fourth-order valence-electron chi connectivity index (χ4n) is 3.05. The first kappa shape index (κ1) is 20.5. The highest BCUT2D eigenvalue weighted by molar-refractivity contribution is 5.82. The lowest BCUT2D eigenvalue weighted by Crippen LogP contribution is -2.34. The Morgan fingerprint density at radius 1 is 1.07 bits per heavy atom. The van der Waals surface area contributed by atoms with E-state index in [1.165, 1.54) is 0 Å². The summed E-state index contributed by atoms with van der Waals surface area (Å²) in [7, 11) is 1.57. The van der Waals surface area contributed by atoms with E-state index in [2.05, 4.69) is 6.08 Å². The van der Waals surface area contributed by atoms with Gasteiger partial charge in [0.15, 0.2) is 13.2 Å². The van der Waals surface area contributed by atoms with Gasteiger partial charge >= 0.3 is 5.97 Å². The summed E-state index contributed by atoms with van der Waals surface area (Å²) in [6.07, 6.45) is 7.55. The van der Waals surface area contributed by atoms with Gasteiger partial charge in [-0.3, -0.25) is 4.79 Å². The Morgan fingerprint density at radius 2 is 1.86 bits per heavy atom. The van der Waals surface area contributed by atoms with E-state index < -0.39 is 5.97 Å². The van der Waals surface area contributed by atoms with Crippen LogP contribution in [0.4, 0.5) is 0 Å². The molecule has 3 rings (SSSR count). The highest BCUT2D eigenvalue weighted by Crippen LogP contribution is 2.23. The molecule has 7 heteroatoms. The Hall–Kier alpha value is -3.22. The van der Waals surface area contributed by atoms with Crippen LogP contribution in [0.5, 0.6) is 11.5 Å². The number of amides is 1. The largest absolute Gasteiger partial charge is 0.497 e. The van der Waals surface area contributed by atoms with Gasteiger partial charge in [0.2, 0.25) is 0 Å². The summed E-state index contributed by atoms with van der Waals surface area (Å²) >= 11 is 0. The molecule has 0 aliphatic heterocycles. The minimum absolute atomic E-state index is 0.277. The molecule has 0 saturated heterocycles. The predicted octanol–water partition coefficient (Wildman–Crippen LogP) is 3.70. The standard InChI is InChI=1S/C22H25NO6/c1-26-18-9-11-19(12-10-18)28-16-22(25)29-15-21(24)23(14-20-8-5-13-27-20)17-6-3-2-4-7-17/h5-6,8-13H,2-4,7,14-16H2,1H3. The van der Waals surface area contributed by atoms with Gasteiger partial charge in [0.05, 0.1) is 19.9 Å². The van der Waals surface area contributed by atoms with E-state index in [4.69, 9.17) is 18.6 Å². The molecule has 1 heterocycles. The fraction of sp³-hybridized carbons (Fsp3) is 0.364. The number of ether oxygens (including phenoxy) is 3. The first-order valence-corrected chi connectivity index (χ1v) is 9.60. The zero-order chi connectivity index (χ0) is 20.5. The van der Waals surface area contributed by atoms with Crippen molar-refractivity contribution in [1.82, 2.24) is 4.90 Å². The molecule has 1 amide bonds. The summed E-state index contributed by atoms with van der Waals surface area (Å²) in [6, 6.07) is 10.4. The summed E-state index contributed by atoms with van der Waals surface area (Å²) in [5.41, 5.74) is 0.947. The lowest BCUT2D eigenvalue weighted by atomic mass is 10.0. The van der Waals surface area contributed by atoms with E-state index in [0.29, 0.717) is 23.8 Å². The molecule has 0 fully saturated rings. The third-order valence-electron chi connectivity index (χ3n) is 4.58. The molecule has 154 valence electrons. The summed E-state index contributed by atoms with van der Waals surface area (Å²) in [6.45, 7) is -0.305. The maximum Gasteiger partial charge on any atom is 0.344 e. The quantitative estimate of drug-likeness (QED) is 0.599. The number of carbonyl (C=O) groups excluding carboxylic acids is 2. The summed E-state index contributed by atoms with van der Waals surface area (Å²) in [5, 5.41) is 0. The van der Waals surface area contributed by atoms with Crippen molar-refractivity contribution >= 4 is 11.9 Å². The topological polar surface area (TPSA) is 78.2 Å². The Bertz CT molecular complexity index is 825. The zero-order valence-corrected chi connectivity index (χ0v) is 16.5. The molecule has 0 spiro atoms. The van der Waals surface area contributed by atoms with Gasteiger partial charge < -0.3 is 23.5 Å². The van der Waals surface area contributed by atoms with Crippen molar-refractivity contribution in [1.29, 1.82) is 0 Å². The number of furan rings is 1. The summed E-state index contributed by atoms with van der Waals surface area (Å²) in [4.78, 5) is 26.3. The maximum absolute atomic E-state index is 12.7. The molecule has 29 heavy (non-hydrogen) atoms. The molecule has 0 radical (unpaired) electrons. The number of methoxy groups -OCH3 is 1. The van der Waals surface area contributed by atoms with Crippen molar-refractivity contribution < 1.29 is 28.2 Å². The van der Waals surface area contributed by atoms with E-state index >= 15 is 0 Å². The van der Waals surface area contributed by atoms with Gasteiger partial charge in [0.25, 0.3) is 5.91 Å². The monoisotopic (exact) mass is 399 g/mol. The van der Waals surface area contributed by atoms with Crippen molar-refractivity contribution in [2.75, 3.05) is 20.3 Å². The van der Waals surface area contributed by atoms with Gasteiger partial charge in [-0.2, -0.15) is 0 Å². The molecule has 1 aromatic heterocycles. The molecular formula is C22H25NO6. The number of allylic oxidation sites excluding steroid dienone is 2. The third kappa shape index (κ3) is 6.14. The van der Waals surface area contributed by atoms with Crippen molar-refractivity contribution in [2.45, 2.75) is 32.2 Å². The van der Waals surface area contributed by atoms with E-state index in [9.17, 15) is 9.59 Å². The molecule has 1 aliphatic rings. The van der Waals surface area contributed by atoms with Crippen LogP contribution >= 0.6 is 0 Å². The summed E-state index contributed by atoms with van der Waals surface area (Å²) < 4.78 is 20.9. The SMILES string of the molecule is COc1ccc(OCC(=O)OCC(=O)N(Cc2ccco2)C2=CCCCC2)cc1. The minimum Gasteiger partial charge on any atom is -0.497 e. The number of hydrogen-bond acceptors (Lipinski definition) is 6. The van der Waals surface area contributed by atoms with E-state index in [-0.39, 0.29) is 19.1 Å². The molecule has 0 unspecified atom stereocenters. The van der Waals surface area contributed by atoms with Crippen LogP contribution in [0.3, 0.4) is 0 Å². The Balaban J connectivity index is 1.51.